The van der Waals surface area contributed by atoms with Crippen molar-refractivity contribution in [1.82, 2.24) is 0 Å². The van der Waals surface area contributed by atoms with E-state index in [9.17, 15) is 4.79 Å². The number of anilines is 3. The van der Waals surface area contributed by atoms with Gasteiger partial charge in [0.2, 0.25) is 0 Å². The summed E-state index contributed by atoms with van der Waals surface area (Å²) in [7, 11) is 0. The zero-order chi connectivity index (χ0) is 30.6. The fourth-order valence-electron chi connectivity index (χ4n) is 5.41. The smallest absolute Gasteiger partial charge is 0.186 e. The van der Waals surface area contributed by atoms with Gasteiger partial charge in [-0.05, 0) is 94.5 Å². The summed E-state index contributed by atoms with van der Waals surface area (Å²) in [6.07, 6.45) is 16.7. The van der Waals surface area contributed by atoms with Crippen molar-refractivity contribution in [2.75, 3.05) is 4.90 Å². The summed E-state index contributed by atoms with van der Waals surface area (Å²) in [5.41, 5.74) is 8.94. The average molecular weight is 567 g/mol. The Kier molecular flexibility index (Phi) is 8.64. The summed E-state index contributed by atoms with van der Waals surface area (Å²) in [5.74, 6) is 0.136. The standard InChI is InChI=1S/C40H42N2O/c1-39(2,3)36-25-30(26-37(38(36)43)40(4,5)6)28-41-27-29-17-21-34(22-18-29)42(33-15-11-8-12-16-33)35-23-19-32(20-24-35)31-13-9-7-10-14-31/h8-9,11-28H,7,10H2,1-6H3. The number of para-hydroxylation sites is 1. The number of nitrogens with zero attached hydrogens (tertiary/aromatic N) is 2. The molecule has 0 aromatic heterocycles. The molecule has 0 spiro atoms. The van der Waals surface area contributed by atoms with E-state index in [4.69, 9.17) is 0 Å². The molecule has 0 N–H and O–H groups in total. The molecule has 0 saturated carbocycles. The Balaban J connectivity index is 1.41. The number of carbonyl (C=O) groups is 1. The molecular weight excluding hydrogens is 524 g/mol. The number of aliphatic imine (C=N–C) groups is 1. The van der Waals surface area contributed by atoms with Gasteiger partial charge < -0.3 is 4.90 Å². The van der Waals surface area contributed by atoms with Gasteiger partial charge in [0.05, 0.1) is 0 Å². The van der Waals surface area contributed by atoms with E-state index in [1.54, 1.807) is 0 Å². The van der Waals surface area contributed by atoms with Crippen molar-refractivity contribution < 1.29 is 4.79 Å². The third-order valence-corrected chi connectivity index (χ3v) is 7.79. The molecule has 2 aliphatic carbocycles. The first kappa shape index (κ1) is 30.0. The molecule has 0 heterocycles. The highest BCUT2D eigenvalue weighted by atomic mass is 16.1. The molecule has 2 aliphatic rings. The lowest BCUT2D eigenvalue weighted by atomic mass is 9.72. The van der Waals surface area contributed by atoms with Crippen molar-refractivity contribution in [3.05, 3.63) is 143 Å². The molecular formula is C40H42N2O. The first-order valence-corrected chi connectivity index (χ1v) is 15.2. The number of allylic oxidation sites excluding steroid dienone is 9. The Morgan fingerprint density at radius 1 is 0.698 bits per heavy atom. The zero-order valence-corrected chi connectivity index (χ0v) is 26.3. The molecule has 0 atom stereocenters. The number of carbonyl (C=O) groups excluding carboxylic acids is 1. The average Bonchev–Trinajstić information content (AvgIpc) is 2.99. The Labute approximate surface area is 257 Å². The maximum atomic E-state index is 13.2. The van der Waals surface area contributed by atoms with Gasteiger partial charge in [-0.15, -0.1) is 0 Å². The van der Waals surface area contributed by atoms with Crippen LogP contribution in [0, 0.1) is 10.8 Å². The number of hydrogen-bond donors (Lipinski definition) is 0. The van der Waals surface area contributed by atoms with Gasteiger partial charge in [0.15, 0.2) is 5.78 Å². The molecule has 5 rings (SSSR count). The summed E-state index contributed by atoms with van der Waals surface area (Å²) in [5, 5.41) is 0. The lowest BCUT2D eigenvalue weighted by Crippen LogP contribution is -2.27. The van der Waals surface area contributed by atoms with Crippen molar-refractivity contribution in [3.8, 4) is 0 Å². The first-order valence-electron chi connectivity index (χ1n) is 15.2. The maximum absolute atomic E-state index is 13.2. The van der Waals surface area contributed by atoms with Crippen molar-refractivity contribution in [2.24, 2.45) is 15.8 Å². The molecule has 218 valence electrons. The molecule has 43 heavy (non-hydrogen) atoms. The van der Waals surface area contributed by atoms with Gasteiger partial charge in [-0.2, -0.15) is 0 Å². The Morgan fingerprint density at radius 3 is 1.79 bits per heavy atom. The Bertz CT molecular complexity index is 1610. The van der Waals surface area contributed by atoms with Crippen LogP contribution in [-0.2, 0) is 4.79 Å². The monoisotopic (exact) mass is 566 g/mol. The van der Waals surface area contributed by atoms with Gasteiger partial charge in [-0.1, -0.05) is 102 Å². The molecule has 0 aliphatic heterocycles. The van der Waals surface area contributed by atoms with Gasteiger partial charge in [0.25, 0.3) is 0 Å². The minimum absolute atomic E-state index is 0.136. The molecule has 3 nitrogen and oxygen atoms in total. The molecule has 0 saturated heterocycles. The van der Waals surface area contributed by atoms with Crippen molar-refractivity contribution in [2.45, 2.75) is 54.4 Å². The second kappa shape index (κ2) is 12.4. The molecule has 0 amide bonds. The van der Waals surface area contributed by atoms with E-state index in [-0.39, 0.29) is 16.6 Å². The highest BCUT2D eigenvalue weighted by Crippen LogP contribution is 2.39. The van der Waals surface area contributed by atoms with Crippen molar-refractivity contribution in [1.29, 1.82) is 0 Å². The summed E-state index contributed by atoms with van der Waals surface area (Å²) < 4.78 is 0. The normalized spacial score (nSPS) is 15.7. The molecule has 3 aromatic rings. The van der Waals surface area contributed by atoms with Gasteiger partial charge in [0.1, 0.15) is 0 Å². The van der Waals surface area contributed by atoms with E-state index < -0.39 is 0 Å². The number of benzene rings is 3. The van der Waals surface area contributed by atoms with Crippen LogP contribution < -0.4 is 4.90 Å². The van der Waals surface area contributed by atoms with Crippen LogP contribution in [0.2, 0.25) is 0 Å². The fourth-order valence-corrected chi connectivity index (χ4v) is 5.41. The van der Waals surface area contributed by atoms with E-state index in [2.05, 4.69) is 142 Å². The number of hydrogen-bond acceptors (Lipinski definition) is 3. The van der Waals surface area contributed by atoms with Gasteiger partial charge in [0, 0.05) is 40.6 Å². The van der Waals surface area contributed by atoms with Gasteiger partial charge >= 0.3 is 0 Å². The van der Waals surface area contributed by atoms with Gasteiger partial charge in [-0.3, -0.25) is 9.79 Å². The largest absolute Gasteiger partial charge is 0.311 e. The van der Waals surface area contributed by atoms with Crippen LogP contribution in [0.3, 0.4) is 0 Å². The molecule has 3 heteroatoms. The van der Waals surface area contributed by atoms with E-state index in [1.165, 1.54) is 11.1 Å². The molecule has 0 bridgehead atoms. The minimum Gasteiger partial charge on any atom is -0.311 e. The third-order valence-electron chi connectivity index (χ3n) is 7.79. The van der Waals surface area contributed by atoms with Crippen molar-refractivity contribution in [3.63, 3.8) is 0 Å². The third kappa shape index (κ3) is 7.11. The summed E-state index contributed by atoms with van der Waals surface area (Å²) in [6, 6.07) is 27.7. The van der Waals surface area contributed by atoms with Crippen LogP contribution in [0.15, 0.2) is 137 Å². The molecule has 0 fully saturated rings. The highest BCUT2D eigenvalue weighted by molar-refractivity contribution is 6.11. The quantitative estimate of drug-likeness (QED) is 0.278. The number of Topliss-reactive ketones (excluding diaryl/α,β-unsaturated/α-hetero) is 1. The second-order valence-corrected chi connectivity index (χ2v) is 13.3. The van der Waals surface area contributed by atoms with E-state index in [0.29, 0.717) is 0 Å². The number of rotatable bonds is 6. The van der Waals surface area contributed by atoms with Crippen LogP contribution in [0.5, 0.6) is 0 Å². The molecule has 3 aromatic carbocycles. The number of ketones is 1. The van der Waals surface area contributed by atoms with Gasteiger partial charge in [-0.25, -0.2) is 0 Å². The maximum Gasteiger partial charge on any atom is 0.186 e. The van der Waals surface area contributed by atoms with E-state index in [1.807, 2.05) is 30.6 Å². The van der Waals surface area contributed by atoms with Crippen LogP contribution >= 0.6 is 0 Å². The van der Waals surface area contributed by atoms with E-state index >= 15 is 0 Å². The molecule has 0 radical (unpaired) electrons. The van der Waals surface area contributed by atoms with Crippen molar-refractivity contribution >= 4 is 34.6 Å². The van der Waals surface area contributed by atoms with E-state index in [0.717, 1.165) is 52.2 Å². The highest BCUT2D eigenvalue weighted by Gasteiger charge is 2.33. The SMILES string of the molecule is CC(C)(C)C1=CC(=CN=Cc2ccc(N(c3ccccc3)c3ccc(C4=CCCC=C4)cc3)cc2)C=C(C(C)(C)C)C1=O. The van der Waals surface area contributed by atoms with Crippen LogP contribution in [0.4, 0.5) is 17.1 Å². The van der Waals surface area contributed by atoms with Crippen LogP contribution in [0.25, 0.3) is 5.57 Å². The first-order chi connectivity index (χ1) is 20.5. The lowest BCUT2D eigenvalue weighted by Gasteiger charge is -2.31. The second-order valence-electron chi connectivity index (χ2n) is 13.3. The predicted molar refractivity (Wildman–Crippen MR) is 183 cm³/mol. The molecule has 0 unspecified atom stereocenters. The Morgan fingerprint density at radius 2 is 1.26 bits per heavy atom. The zero-order valence-electron chi connectivity index (χ0n) is 26.3. The summed E-state index contributed by atoms with van der Waals surface area (Å²) in [6.45, 7) is 12.5. The summed E-state index contributed by atoms with van der Waals surface area (Å²) >= 11 is 0. The van der Waals surface area contributed by atoms with Crippen LogP contribution in [0.1, 0.15) is 65.5 Å². The minimum atomic E-state index is -0.240. The topological polar surface area (TPSA) is 32.7 Å². The Hall–Kier alpha value is -4.50. The predicted octanol–water partition coefficient (Wildman–Crippen LogP) is 10.7. The fraction of sp³-hybridized carbons (Fsp3) is 0.250. The van der Waals surface area contributed by atoms with Crippen LogP contribution in [-0.4, -0.2) is 12.0 Å². The summed E-state index contributed by atoms with van der Waals surface area (Å²) in [4.78, 5) is 20.2. The lowest BCUT2D eigenvalue weighted by molar-refractivity contribution is -0.114.